The van der Waals surface area contributed by atoms with E-state index in [0.29, 0.717) is 12.1 Å². The van der Waals surface area contributed by atoms with E-state index < -0.39 is 0 Å². The number of nitrogens with one attached hydrogen (secondary N) is 1. The van der Waals surface area contributed by atoms with Gasteiger partial charge < -0.3 is 10.2 Å². The molecule has 5 heteroatoms. The van der Waals surface area contributed by atoms with E-state index in [0.717, 1.165) is 37.5 Å². The van der Waals surface area contributed by atoms with Gasteiger partial charge in [0.2, 0.25) is 0 Å². The van der Waals surface area contributed by atoms with Crippen molar-refractivity contribution in [1.82, 2.24) is 20.0 Å². The Morgan fingerprint density at radius 1 is 1.22 bits per heavy atom. The SMILES string of the molecule is CCc1c(C(=O)NCCCN2CCC(C)CC2)cnn1Cc1ccccc1. The van der Waals surface area contributed by atoms with Gasteiger partial charge in [0.25, 0.3) is 5.91 Å². The number of hydrogen-bond acceptors (Lipinski definition) is 3. The molecule has 0 bridgehead atoms. The Hall–Kier alpha value is -2.14. The maximum atomic E-state index is 12.6. The second-order valence-corrected chi connectivity index (χ2v) is 7.64. The number of rotatable bonds is 8. The molecule has 0 unspecified atom stereocenters. The fraction of sp³-hybridized carbons (Fsp3) is 0.545. The number of aromatic nitrogens is 2. The van der Waals surface area contributed by atoms with E-state index in [9.17, 15) is 4.79 Å². The third kappa shape index (κ3) is 5.42. The number of hydrogen-bond donors (Lipinski definition) is 1. The van der Waals surface area contributed by atoms with Gasteiger partial charge in [0, 0.05) is 6.54 Å². The van der Waals surface area contributed by atoms with Gasteiger partial charge in [-0.25, -0.2) is 0 Å². The van der Waals surface area contributed by atoms with Gasteiger partial charge in [-0.1, -0.05) is 44.2 Å². The molecule has 1 saturated heterocycles. The number of carbonyl (C=O) groups excluding carboxylic acids is 1. The Bertz CT molecular complexity index is 717. The zero-order valence-corrected chi connectivity index (χ0v) is 16.7. The maximum Gasteiger partial charge on any atom is 0.254 e. The largest absolute Gasteiger partial charge is 0.352 e. The summed E-state index contributed by atoms with van der Waals surface area (Å²) in [6.45, 7) is 9.29. The van der Waals surface area contributed by atoms with Crippen molar-refractivity contribution < 1.29 is 4.79 Å². The van der Waals surface area contributed by atoms with Crippen LogP contribution in [0.25, 0.3) is 0 Å². The highest BCUT2D eigenvalue weighted by molar-refractivity contribution is 5.95. The number of likely N-dealkylation sites (tertiary alicyclic amines) is 1. The van der Waals surface area contributed by atoms with Crippen LogP contribution in [0.2, 0.25) is 0 Å². The van der Waals surface area contributed by atoms with Crippen molar-refractivity contribution in [3.05, 3.63) is 53.3 Å². The van der Waals surface area contributed by atoms with Crippen molar-refractivity contribution in [3.63, 3.8) is 0 Å². The summed E-state index contributed by atoms with van der Waals surface area (Å²) in [4.78, 5) is 15.1. The predicted octanol–water partition coefficient (Wildman–Crippen LogP) is 3.35. The zero-order valence-electron chi connectivity index (χ0n) is 16.7. The summed E-state index contributed by atoms with van der Waals surface area (Å²) >= 11 is 0. The van der Waals surface area contributed by atoms with Crippen LogP contribution in [0.15, 0.2) is 36.5 Å². The zero-order chi connectivity index (χ0) is 19.1. The van der Waals surface area contributed by atoms with E-state index >= 15 is 0 Å². The summed E-state index contributed by atoms with van der Waals surface area (Å²) in [5, 5.41) is 7.54. The van der Waals surface area contributed by atoms with Gasteiger partial charge >= 0.3 is 0 Å². The Morgan fingerprint density at radius 2 is 1.96 bits per heavy atom. The minimum Gasteiger partial charge on any atom is -0.352 e. The fourth-order valence-corrected chi connectivity index (χ4v) is 3.75. The average Bonchev–Trinajstić information content (AvgIpc) is 3.10. The Morgan fingerprint density at radius 3 is 2.67 bits per heavy atom. The van der Waals surface area contributed by atoms with Crippen LogP contribution in [0.4, 0.5) is 0 Å². The van der Waals surface area contributed by atoms with E-state index in [-0.39, 0.29) is 5.91 Å². The molecule has 0 atom stereocenters. The molecular formula is C22H32N4O. The highest BCUT2D eigenvalue weighted by Crippen LogP contribution is 2.16. The number of carbonyl (C=O) groups is 1. The molecule has 1 amide bonds. The topological polar surface area (TPSA) is 50.2 Å². The molecule has 0 radical (unpaired) electrons. The molecule has 0 spiro atoms. The second kappa shape index (κ2) is 9.70. The maximum absolute atomic E-state index is 12.6. The van der Waals surface area contributed by atoms with Crippen LogP contribution in [0.3, 0.4) is 0 Å². The number of nitrogens with zero attached hydrogens (tertiary/aromatic N) is 3. The first-order valence-electron chi connectivity index (χ1n) is 10.3. The molecule has 146 valence electrons. The normalized spacial score (nSPS) is 15.8. The summed E-state index contributed by atoms with van der Waals surface area (Å²) in [6, 6.07) is 10.2. The first-order chi connectivity index (χ1) is 13.2. The molecule has 27 heavy (non-hydrogen) atoms. The van der Waals surface area contributed by atoms with Crippen molar-refractivity contribution >= 4 is 5.91 Å². The standard InChI is InChI=1S/C22H32N4O/c1-3-21-20(16-24-26(21)17-19-8-5-4-6-9-19)22(27)23-12-7-13-25-14-10-18(2)11-15-25/h4-6,8-9,16,18H,3,7,10-15,17H2,1-2H3,(H,23,27). The molecule has 1 aliphatic rings. The van der Waals surface area contributed by atoms with Crippen LogP contribution in [0.1, 0.15) is 54.7 Å². The average molecular weight is 369 g/mol. The molecule has 2 aromatic rings. The summed E-state index contributed by atoms with van der Waals surface area (Å²) in [7, 11) is 0. The van der Waals surface area contributed by atoms with Crippen molar-refractivity contribution in [2.75, 3.05) is 26.2 Å². The van der Waals surface area contributed by atoms with Crippen LogP contribution in [0.5, 0.6) is 0 Å². The molecule has 1 fully saturated rings. The lowest BCUT2D eigenvalue weighted by Crippen LogP contribution is -2.35. The summed E-state index contributed by atoms with van der Waals surface area (Å²) < 4.78 is 1.94. The Labute approximate surface area is 162 Å². The van der Waals surface area contributed by atoms with Gasteiger partial charge in [0.15, 0.2) is 0 Å². The van der Waals surface area contributed by atoms with Crippen LogP contribution in [-0.4, -0.2) is 46.8 Å². The van der Waals surface area contributed by atoms with E-state index in [1.165, 1.54) is 31.5 Å². The van der Waals surface area contributed by atoms with E-state index in [1.807, 2.05) is 22.9 Å². The van der Waals surface area contributed by atoms with Gasteiger partial charge in [-0.05, 0) is 56.8 Å². The third-order valence-electron chi connectivity index (χ3n) is 5.52. The molecule has 1 aliphatic heterocycles. The van der Waals surface area contributed by atoms with Crippen LogP contribution >= 0.6 is 0 Å². The first-order valence-corrected chi connectivity index (χ1v) is 10.3. The molecule has 1 N–H and O–H groups in total. The summed E-state index contributed by atoms with van der Waals surface area (Å²) in [5.41, 5.74) is 2.90. The van der Waals surface area contributed by atoms with Crippen molar-refractivity contribution in [3.8, 4) is 0 Å². The third-order valence-corrected chi connectivity index (χ3v) is 5.52. The van der Waals surface area contributed by atoms with E-state index in [2.05, 4.69) is 41.3 Å². The highest BCUT2D eigenvalue weighted by atomic mass is 16.1. The molecule has 5 nitrogen and oxygen atoms in total. The van der Waals surface area contributed by atoms with Crippen molar-refractivity contribution in [2.45, 2.75) is 46.1 Å². The number of amides is 1. The smallest absolute Gasteiger partial charge is 0.254 e. The van der Waals surface area contributed by atoms with Crippen LogP contribution in [-0.2, 0) is 13.0 Å². The molecule has 0 saturated carbocycles. The monoisotopic (exact) mass is 368 g/mol. The van der Waals surface area contributed by atoms with Gasteiger partial charge in [0.05, 0.1) is 24.0 Å². The summed E-state index contributed by atoms with van der Waals surface area (Å²) in [5.74, 6) is 0.860. The molecule has 1 aromatic heterocycles. The molecule has 1 aromatic carbocycles. The molecule has 3 rings (SSSR count). The van der Waals surface area contributed by atoms with E-state index in [1.54, 1.807) is 6.20 Å². The lowest BCUT2D eigenvalue weighted by Gasteiger charge is -2.30. The van der Waals surface area contributed by atoms with Gasteiger partial charge in [0.1, 0.15) is 0 Å². The number of benzene rings is 1. The minimum absolute atomic E-state index is 0.00146. The lowest BCUT2D eigenvalue weighted by molar-refractivity contribution is 0.0949. The predicted molar refractivity (Wildman–Crippen MR) is 109 cm³/mol. The fourth-order valence-electron chi connectivity index (χ4n) is 3.75. The quantitative estimate of drug-likeness (QED) is 0.727. The molecule has 0 aliphatic carbocycles. The Kier molecular flexibility index (Phi) is 7.04. The number of piperidine rings is 1. The van der Waals surface area contributed by atoms with E-state index in [4.69, 9.17) is 0 Å². The van der Waals surface area contributed by atoms with Crippen molar-refractivity contribution in [2.24, 2.45) is 5.92 Å². The molecular weight excluding hydrogens is 336 g/mol. The van der Waals surface area contributed by atoms with Gasteiger partial charge in [-0.3, -0.25) is 9.48 Å². The van der Waals surface area contributed by atoms with Crippen LogP contribution < -0.4 is 5.32 Å². The lowest BCUT2D eigenvalue weighted by atomic mass is 9.99. The Balaban J connectivity index is 1.49. The second-order valence-electron chi connectivity index (χ2n) is 7.64. The first kappa shape index (κ1) is 19.6. The van der Waals surface area contributed by atoms with Crippen molar-refractivity contribution in [1.29, 1.82) is 0 Å². The highest BCUT2D eigenvalue weighted by Gasteiger charge is 2.17. The van der Waals surface area contributed by atoms with Crippen LogP contribution in [0, 0.1) is 5.92 Å². The minimum atomic E-state index is -0.00146. The van der Waals surface area contributed by atoms with Gasteiger partial charge in [-0.2, -0.15) is 5.10 Å². The summed E-state index contributed by atoms with van der Waals surface area (Å²) in [6.07, 6.45) is 6.10. The van der Waals surface area contributed by atoms with Gasteiger partial charge in [-0.15, -0.1) is 0 Å². The molecule has 2 heterocycles.